The molecule has 2 amide bonds. The number of aryl methyl sites for hydroxylation is 2. The van der Waals surface area contributed by atoms with Crippen molar-refractivity contribution in [2.45, 2.75) is 52.5 Å². The zero-order valence-electron chi connectivity index (χ0n) is 14.8. The lowest BCUT2D eigenvalue weighted by Crippen LogP contribution is -2.34. The van der Waals surface area contributed by atoms with Crippen molar-refractivity contribution in [3.05, 3.63) is 46.8 Å². The molecule has 1 fully saturated rings. The van der Waals surface area contributed by atoms with E-state index in [0.717, 1.165) is 47.7 Å². The van der Waals surface area contributed by atoms with Gasteiger partial charge in [-0.05, 0) is 49.8 Å². The quantitative estimate of drug-likeness (QED) is 0.882. The van der Waals surface area contributed by atoms with Crippen LogP contribution in [-0.4, -0.2) is 22.6 Å². The van der Waals surface area contributed by atoms with Crippen molar-refractivity contribution in [2.24, 2.45) is 0 Å². The number of anilines is 1. The number of hydrogen-bond donors (Lipinski definition) is 1. The third kappa shape index (κ3) is 3.30. The monoisotopic (exact) mass is 327 g/mol. The van der Waals surface area contributed by atoms with E-state index in [9.17, 15) is 4.79 Å². The van der Waals surface area contributed by atoms with E-state index in [2.05, 4.69) is 24.3 Å². The summed E-state index contributed by atoms with van der Waals surface area (Å²) in [5, 5.41) is 7.18. The number of amides is 2. The molecule has 0 saturated carbocycles. The normalized spacial score (nSPS) is 17.5. The highest BCUT2D eigenvalue weighted by Crippen LogP contribution is 2.34. The topological polar surface area (TPSA) is 58.4 Å². The number of aromatic nitrogens is 1. The third-order valence-corrected chi connectivity index (χ3v) is 4.61. The summed E-state index contributed by atoms with van der Waals surface area (Å²) in [7, 11) is 0. The Morgan fingerprint density at radius 1 is 1.33 bits per heavy atom. The van der Waals surface area contributed by atoms with Crippen LogP contribution < -0.4 is 5.32 Å². The summed E-state index contributed by atoms with van der Waals surface area (Å²) < 4.78 is 5.51. The average molecular weight is 327 g/mol. The first-order valence-electron chi connectivity index (χ1n) is 8.57. The van der Waals surface area contributed by atoms with Crippen molar-refractivity contribution in [2.75, 3.05) is 11.9 Å². The van der Waals surface area contributed by atoms with E-state index in [1.807, 2.05) is 43.0 Å². The molecule has 1 aromatic heterocycles. The van der Waals surface area contributed by atoms with Gasteiger partial charge in [-0.2, -0.15) is 0 Å². The van der Waals surface area contributed by atoms with Gasteiger partial charge in [0.1, 0.15) is 0 Å². The molecule has 1 N–H and O–H groups in total. The third-order valence-electron chi connectivity index (χ3n) is 4.61. The van der Waals surface area contributed by atoms with Crippen LogP contribution in [0.2, 0.25) is 0 Å². The van der Waals surface area contributed by atoms with Crippen molar-refractivity contribution in [1.29, 1.82) is 0 Å². The summed E-state index contributed by atoms with van der Waals surface area (Å²) in [5.74, 6) is 1.11. The molecular formula is C19H25N3O2. The van der Waals surface area contributed by atoms with E-state index in [1.165, 1.54) is 0 Å². The van der Waals surface area contributed by atoms with Gasteiger partial charge in [0.15, 0.2) is 5.76 Å². The lowest BCUT2D eigenvalue weighted by Gasteiger charge is -2.23. The van der Waals surface area contributed by atoms with E-state index in [1.54, 1.807) is 0 Å². The van der Waals surface area contributed by atoms with Gasteiger partial charge in [0.05, 0.1) is 11.7 Å². The first kappa shape index (κ1) is 16.6. The van der Waals surface area contributed by atoms with E-state index < -0.39 is 0 Å². The summed E-state index contributed by atoms with van der Waals surface area (Å²) in [4.78, 5) is 14.6. The molecule has 24 heavy (non-hydrogen) atoms. The molecule has 0 spiro atoms. The maximum absolute atomic E-state index is 12.8. The van der Waals surface area contributed by atoms with Crippen molar-refractivity contribution in [1.82, 2.24) is 10.1 Å². The second-order valence-corrected chi connectivity index (χ2v) is 6.91. The van der Waals surface area contributed by atoms with Gasteiger partial charge in [0.2, 0.25) is 0 Å². The highest BCUT2D eigenvalue weighted by atomic mass is 16.5. The second kappa shape index (κ2) is 6.67. The smallest absolute Gasteiger partial charge is 0.322 e. The standard InChI is InChI=1S/C19H25N3O2/c1-12(2)15-11-18(24-21-15)17-6-5-9-22(17)19(23)20-16-10-13(3)7-8-14(16)4/h7-8,10-12,17H,5-6,9H2,1-4H3,(H,20,23)/t17-/m1/s1. The summed E-state index contributed by atoms with van der Waals surface area (Å²) in [5.41, 5.74) is 4.00. The lowest BCUT2D eigenvalue weighted by atomic mass is 10.1. The van der Waals surface area contributed by atoms with Crippen LogP contribution in [0.4, 0.5) is 10.5 Å². The number of hydrogen-bond acceptors (Lipinski definition) is 3. The van der Waals surface area contributed by atoms with Crippen LogP contribution in [0, 0.1) is 13.8 Å². The Kier molecular flexibility index (Phi) is 4.60. The van der Waals surface area contributed by atoms with Crippen LogP contribution in [0.5, 0.6) is 0 Å². The zero-order chi connectivity index (χ0) is 17.3. The van der Waals surface area contributed by atoms with Crippen LogP contribution in [0.3, 0.4) is 0 Å². The van der Waals surface area contributed by atoms with Gasteiger partial charge >= 0.3 is 6.03 Å². The van der Waals surface area contributed by atoms with Crippen molar-refractivity contribution >= 4 is 11.7 Å². The largest absolute Gasteiger partial charge is 0.359 e. The van der Waals surface area contributed by atoms with E-state index in [0.29, 0.717) is 5.92 Å². The highest BCUT2D eigenvalue weighted by Gasteiger charge is 2.33. The van der Waals surface area contributed by atoms with E-state index in [-0.39, 0.29) is 12.1 Å². The second-order valence-electron chi connectivity index (χ2n) is 6.91. The SMILES string of the molecule is Cc1ccc(C)c(NC(=O)N2CCC[C@@H]2c2cc(C(C)C)no2)c1. The fourth-order valence-electron chi connectivity index (χ4n) is 3.10. The molecule has 128 valence electrons. The van der Waals surface area contributed by atoms with Gasteiger partial charge in [-0.3, -0.25) is 0 Å². The Balaban J connectivity index is 1.77. The van der Waals surface area contributed by atoms with Crippen LogP contribution in [0.1, 0.15) is 61.2 Å². The van der Waals surface area contributed by atoms with Gasteiger partial charge in [-0.15, -0.1) is 0 Å². The zero-order valence-corrected chi connectivity index (χ0v) is 14.8. The first-order valence-corrected chi connectivity index (χ1v) is 8.57. The van der Waals surface area contributed by atoms with Gasteiger partial charge in [-0.1, -0.05) is 31.1 Å². The molecule has 1 aliphatic rings. The van der Waals surface area contributed by atoms with Gasteiger partial charge in [0.25, 0.3) is 0 Å². The van der Waals surface area contributed by atoms with Crippen molar-refractivity contribution in [3.8, 4) is 0 Å². The molecule has 1 saturated heterocycles. The molecule has 1 aliphatic heterocycles. The molecule has 1 aromatic carbocycles. The molecular weight excluding hydrogens is 302 g/mol. The van der Waals surface area contributed by atoms with Crippen LogP contribution in [0.25, 0.3) is 0 Å². The summed E-state index contributed by atoms with van der Waals surface area (Å²) in [6.07, 6.45) is 1.88. The summed E-state index contributed by atoms with van der Waals surface area (Å²) in [6.45, 7) is 8.93. The summed E-state index contributed by atoms with van der Waals surface area (Å²) in [6, 6.07) is 7.95. The Labute approximate surface area is 143 Å². The predicted molar refractivity (Wildman–Crippen MR) is 94.2 cm³/mol. The fourth-order valence-corrected chi connectivity index (χ4v) is 3.10. The van der Waals surface area contributed by atoms with Crippen LogP contribution in [0.15, 0.2) is 28.8 Å². The molecule has 0 aliphatic carbocycles. The Bertz CT molecular complexity index is 736. The van der Waals surface area contributed by atoms with Gasteiger partial charge < -0.3 is 14.7 Å². The lowest BCUT2D eigenvalue weighted by molar-refractivity contribution is 0.195. The molecule has 0 bridgehead atoms. The van der Waals surface area contributed by atoms with Gasteiger partial charge in [-0.25, -0.2) is 4.79 Å². The molecule has 5 nitrogen and oxygen atoms in total. The Morgan fingerprint density at radius 2 is 2.12 bits per heavy atom. The highest BCUT2D eigenvalue weighted by molar-refractivity contribution is 5.90. The number of carbonyl (C=O) groups is 1. The van der Waals surface area contributed by atoms with Crippen molar-refractivity contribution < 1.29 is 9.32 Å². The molecule has 5 heteroatoms. The van der Waals surface area contributed by atoms with Crippen molar-refractivity contribution in [3.63, 3.8) is 0 Å². The Hall–Kier alpha value is -2.30. The Morgan fingerprint density at radius 3 is 2.83 bits per heavy atom. The number of rotatable bonds is 3. The number of nitrogens with one attached hydrogen (secondary N) is 1. The number of nitrogens with zero attached hydrogens (tertiary/aromatic N) is 2. The van der Waals surface area contributed by atoms with E-state index >= 15 is 0 Å². The molecule has 2 aromatic rings. The number of likely N-dealkylation sites (tertiary alicyclic amines) is 1. The number of benzene rings is 1. The molecule has 1 atom stereocenters. The molecule has 2 heterocycles. The minimum absolute atomic E-state index is 0.0323. The van der Waals surface area contributed by atoms with Crippen LogP contribution in [-0.2, 0) is 0 Å². The molecule has 3 rings (SSSR count). The van der Waals surface area contributed by atoms with Gasteiger partial charge in [0, 0.05) is 18.3 Å². The maximum atomic E-state index is 12.8. The number of carbonyl (C=O) groups excluding carboxylic acids is 1. The first-order chi connectivity index (χ1) is 11.5. The predicted octanol–water partition coefficient (Wildman–Crippen LogP) is 4.78. The van der Waals surface area contributed by atoms with E-state index in [4.69, 9.17) is 4.52 Å². The minimum atomic E-state index is -0.0753. The molecule has 0 unspecified atom stereocenters. The molecule has 0 radical (unpaired) electrons. The minimum Gasteiger partial charge on any atom is -0.359 e. The number of urea groups is 1. The maximum Gasteiger partial charge on any atom is 0.322 e. The summed E-state index contributed by atoms with van der Waals surface area (Å²) >= 11 is 0. The van der Waals surface area contributed by atoms with Crippen LogP contribution >= 0.6 is 0 Å². The fraction of sp³-hybridized carbons (Fsp3) is 0.474. The average Bonchev–Trinajstić information content (AvgIpc) is 3.18.